The summed E-state index contributed by atoms with van der Waals surface area (Å²) in [6, 6.07) is 1.63. The number of hydrogen-bond donors (Lipinski definition) is 1. The van der Waals surface area contributed by atoms with E-state index >= 15 is 0 Å². The van der Waals surface area contributed by atoms with Gasteiger partial charge < -0.3 is 9.84 Å². The minimum absolute atomic E-state index is 0.123. The lowest BCUT2D eigenvalue weighted by molar-refractivity contribution is -0.116. The number of hydrogen-bond acceptors (Lipinski definition) is 5. The molecule has 2 rings (SSSR count). The van der Waals surface area contributed by atoms with Crippen molar-refractivity contribution in [2.45, 2.75) is 33.7 Å². The normalized spacial score (nSPS) is 10.6. The van der Waals surface area contributed by atoms with E-state index in [4.69, 9.17) is 4.52 Å². The van der Waals surface area contributed by atoms with E-state index in [1.807, 2.05) is 0 Å². The third kappa shape index (κ3) is 3.11. The highest BCUT2D eigenvalue weighted by atomic mass is 16.5. The monoisotopic (exact) mass is 276 g/mol. The molecule has 0 saturated heterocycles. The zero-order valence-electron chi connectivity index (χ0n) is 11.6. The highest BCUT2D eigenvalue weighted by molar-refractivity contribution is 5.89. The van der Waals surface area contributed by atoms with E-state index in [0.717, 1.165) is 0 Å². The molecule has 1 N–H and O–H groups in total. The number of carbonyl (C=O) groups excluding carboxylic acids is 1. The van der Waals surface area contributed by atoms with Crippen LogP contribution in [0.3, 0.4) is 0 Å². The summed E-state index contributed by atoms with van der Waals surface area (Å²) in [5.74, 6) is 0.761. The Hall–Kier alpha value is -2.44. The maximum absolute atomic E-state index is 11.9. The molecule has 0 aromatic carbocycles. The van der Waals surface area contributed by atoms with Gasteiger partial charge in [0.1, 0.15) is 5.76 Å². The predicted octanol–water partition coefficient (Wildman–Crippen LogP) is 1.19. The van der Waals surface area contributed by atoms with Crippen molar-refractivity contribution < 1.29 is 9.32 Å². The Kier molecular flexibility index (Phi) is 3.97. The van der Waals surface area contributed by atoms with E-state index in [-0.39, 0.29) is 24.4 Å². The predicted molar refractivity (Wildman–Crippen MR) is 72.5 cm³/mol. The van der Waals surface area contributed by atoms with Crippen molar-refractivity contribution in [3.8, 4) is 0 Å². The van der Waals surface area contributed by atoms with Crippen LogP contribution in [0, 0.1) is 20.8 Å². The molecular weight excluding hydrogens is 260 g/mol. The van der Waals surface area contributed by atoms with E-state index in [2.05, 4.69) is 15.5 Å². The van der Waals surface area contributed by atoms with Gasteiger partial charge in [-0.1, -0.05) is 5.16 Å². The van der Waals surface area contributed by atoms with E-state index < -0.39 is 0 Å². The largest absolute Gasteiger partial charge is 0.360 e. The quantitative estimate of drug-likeness (QED) is 0.905. The Morgan fingerprint density at radius 1 is 1.40 bits per heavy atom. The molecule has 0 atom stereocenters. The molecule has 0 saturated carbocycles. The van der Waals surface area contributed by atoms with Crippen molar-refractivity contribution in [3.63, 3.8) is 0 Å². The van der Waals surface area contributed by atoms with E-state index in [1.54, 1.807) is 26.8 Å². The molecule has 0 spiro atoms. The molecule has 7 nitrogen and oxygen atoms in total. The summed E-state index contributed by atoms with van der Waals surface area (Å²) in [6.07, 6.45) is 1.62. The number of nitrogens with zero attached hydrogens (tertiary/aromatic N) is 3. The molecule has 0 aliphatic heterocycles. The van der Waals surface area contributed by atoms with Gasteiger partial charge in [0.2, 0.25) is 5.91 Å². The standard InChI is InChI=1S/C13H16N4O3/c1-8-6-11(16-20-8)15-12(18)4-5-17-7-14-10(3)9(2)13(17)19/h6-7H,4-5H2,1-3H3,(H,15,16,18). The molecule has 2 aromatic rings. The van der Waals surface area contributed by atoms with Crippen LogP contribution >= 0.6 is 0 Å². The smallest absolute Gasteiger partial charge is 0.256 e. The van der Waals surface area contributed by atoms with Crippen molar-refractivity contribution in [1.29, 1.82) is 0 Å². The SMILES string of the molecule is Cc1cc(NC(=O)CCn2cnc(C)c(C)c2=O)no1. The van der Waals surface area contributed by atoms with E-state index in [9.17, 15) is 9.59 Å². The molecule has 0 fully saturated rings. The minimum atomic E-state index is -0.233. The van der Waals surface area contributed by atoms with Gasteiger partial charge in [0, 0.05) is 30.3 Å². The molecule has 0 aliphatic rings. The zero-order valence-corrected chi connectivity index (χ0v) is 11.6. The lowest BCUT2D eigenvalue weighted by Crippen LogP contribution is -2.26. The molecule has 0 bridgehead atoms. The molecule has 0 unspecified atom stereocenters. The first kappa shape index (κ1) is 14.0. The summed E-state index contributed by atoms with van der Waals surface area (Å²) in [6.45, 7) is 5.51. The maximum atomic E-state index is 11.9. The van der Waals surface area contributed by atoms with Crippen molar-refractivity contribution in [1.82, 2.24) is 14.7 Å². The first-order valence-electron chi connectivity index (χ1n) is 6.23. The van der Waals surface area contributed by atoms with Crippen LogP contribution in [0.2, 0.25) is 0 Å². The minimum Gasteiger partial charge on any atom is -0.360 e. The van der Waals surface area contributed by atoms with Crippen LogP contribution in [-0.4, -0.2) is 20.6 Å². The first-order valence-corrected chi connectivity index (χ1v) is 6.23. The topological polar surface area (TPSA) is 90.0 Å². The highest BCUT2D eigenvalue weighted by Crippen LogP contribution is 2.07. The molecule has 1 amide bonds. The Labute approximate surface area is 115 Å². The molecule has 7 heteroatoms. The number of amides is 1. The van der Waals surface area contributed by atoms with E-state index in [0.29, 0.717) is 22.8 Å². The fourth-order valence-electron chi connectivity index (χ4n) is 1.69. The van der Waals surface area contributed by atoms with Crippen LogP contribution in [0.1, 0.15) is 23.4 Å². The third-order valence-corrected chi connectivity index (χ3v) is 2.99. The number of nitrogens with one attached hydrogen (secondary N) is 1. The van der Waals surface area contributed by atoms with E-state index in [1.165, 1.54) is 10.9 Å². The summed E-state index contributed by atoms with van der Waals surface area (Å²) in [5.41, 5.74) is 1.18. The fraction of sp³-hybridized carbons (Fsp3) is 0.385. The molecule has 2 aromatic heterocycles. The second-order valence-corrected chi connectivity index (χ2v) is 4.57. The number of aromatic nitrogens is 3. The van der Waals surface area contributed by atoms with Gasteiger partial charge in [-0.05, 0) is 20.8 Å². The Bertz CT molecular complexity index is 687. The average Bonchev–Trinajstić information content (AvgIpc) is 2.80. The van der Waals surface area contributed by atoms with Crippen LogP contribution in [0.25, 0.3) is 0 Å². The summed E-state index contributed by atoms with van der Waals surface area (Å²) in [7, 11) is 0. The van der Waals surface area contributed by atoms with Gasteiger partial charge in [-0.2, -0.15) is 0 Å². The number of anilines is 1. The molecule has 20 heavy (non-hydrogen) atoms. The lowest BCUT2D eigenvalue weighted by Gasteiger charge is -2.07. The van der Waals surface area contributed by atoms with Gasteiger partial charge in [-0.15, -0.1) is 0 Å². The van der Waals surface area contributed by atoms with Crippen LogP contribution in [0.4, 0.5) is 5.82 Å². The van der Waals surface area contributed by atoms with Crippen molar-refractivity contribution in [2.75, 3.05) is 5.32 Å². The fourth-order valence-corrected chi connectivity index (χ4v) is 1.69. The van der Waals surface area contributed by atoms with Crippen molar-refractivity contribution in [2.24, 2.45) is 0 Å². The van der Waals surface area contributed by atoms with Gasteiger partial charge in [0.15, 0.2) is 5.82 Å². The second-order valence-electron chi connectivity index (χ2n) is 4.57. The van der Waals surface area contributed by atoms with Gasteiger partial charge in [-0.3, -0.25) is 14.2 Å². The zero-order chi connectivity index (χ0) is 14.7. The lowest BCUT2D eigenvalue weighted by atomic mass is 10.2. The van der Waals surface area contributed by atoms with Crippen molar-refractivity contribution >= 4 is 11.7 Å². The van der Waals surface area contributed by atoms with Crippen LogP contribution in [0.15, 0.2) is 21.7 Å². The average molecular weight is 276 g/mol. The number of aryl methyl sites for hydroxylation is 3. The molecule has 0 aliphatic carbocycles. The van der Waals surface area contributed by atoms with Gasteiger partial charge >= 0.3 is 0 Å². The third-order valence-electron chi connectivity index (χ3n) is 2.99. The highest BCUT2D eigenvalue weighted by Gasteiger charge is 2.08. The molecule has 0 radical (unpaired) electrons. The second kappa shape index (κ2) is 5.68. The number of rotatable bonds is 4. The Morgan fingerprint density at radius 2 is 2.15 bits per heavy atom. The van der Waals surface area contributed by atoms with Crippen LogP contribution < -0.4 is 10.9 Å². The summed E-state index contributed by atoms with van der Waals surface area (Å²) < 4.78 is 6.27. The van der Waals surface area contributed by atoms with Crippen LogP contribution in [-0.2, 0) is 11.3 Å². The molecule has 106 valence electrons. The summed E-state index contributed by atoms with van der Waals surface area (Å²) in [5, 5.41) is 6.27. The van der Waals surface area contributed by atoms with Gasteiger partial charge in [0.05, 0.1) is 6.33 Å². The first-order chi connectivity index (χ1) is 9.47. The van der Waals surface area contributed by atoms with Gasteiger partial charge in [-0.25, -0.2) is 4.98 Å². The van der Waals surface area contributed by atoms with Gasteiger partial charge in [0.25, 0.3) is 5.56 Å². The Morgan fingerprint density at radius 3 is 2.80 bits per heavy atom. The van der Waals surface area contributed by atoms with Crippen molar-refractivity contribution in [3.05, 3.63) is 39.8 Å². The Balaban J connectivity index is 1.97. The molecule has 2 heterocycles. The maximum Gasteiger partial charge on any atom is 0.256 e. The van der Waals surface area contributed by atoms with Crippen LogP contribution in [0.5, 0.6) is 0 Å². The summed E-state index contributed by atoms with van der Waals surface area (Å²) >= 11 is 0. The number of carbonyl (C=O) groups is 1. The summed E-state index contributed by atoms with van der Waals surface area (Å²) in [4.78, 5) is 27.8. The molecular formula is C13H16N4O3.